The Labute approximate surface area is 138 Å². The molecule has 3 fully saturated rings. The normalized spacial score (nSPS) is 32.2. The average Bonchev–Trinajstić information content (AvgIpc) is 3.25. The molecule has 3 aliphatic rings. The van der Waals surface area contributed by atoms with Crippen LogP contribution in [0.4, 0.5) is 0 Å². The van der Waals surface area contributed by atoms with E-state index in [2.05, 4.69) is 4.90 Å². The first-order chi connectivity index (χ1) is 11.2. The molecule has 23 heavy (non-hydrogen) atoms. The first-order valence-electron chi connectivity index (χ1n) is 9.24. The number of fused-ring (bicyclic) bond motifs is 2. The summed E-state index contributed by atoms with van der Waals surface area (Å²) < 4.78 is 0. The number of nitrogens with zero attached hydrogens (tertiary/aromatic N) is 1. The second-order valence-electron chi connectivity index (χ2n) is 7.80. The van der Waals surface area contributed by atoms with Gasteiger partial charge in [-0.15, -0.1) is 0 Å². The molecule has 1 saturated heterocycles. The summed E-state index contributed by atoms with van der Waals surface area (Å²) in [4.78, 5) is 14.9. The summed E-state index contributed by atoms with van der Waals surface area (Å²) in [6, 6.07) is 9.93. The van der Waals surface area contributed by atoms with E-state index in [0.717, 1.165) is 43.8 Å². The molecule has 4 rings (SSSR count). The van der Waals surface area contributed by atoms with Gasteiger partial charge in [0.1, 0.15) is 0 Å². The lowest BCUT2D eigenvalue weighted by atomic mass is 9.85. The Morgan fingerprint density at radius 3 is 2.39 bits per heavy atom. The molecule has 4 atom stereocenters. The molecular formula is C20H27NO2. The molecule has 3 heteroatoms. The number of aliphatic hydroxyl groups is 1. The summed E-state index contributed by atoms with van der Waals surface area (Å²) in [5.74, 6) is 2.49. The molecular weight excluding hydrogens is 286 g/mol. The van der Waals surface area contributed by atoms with Crippen molar-refractivity contribution in [2.75, 3.05) is 13.1 Å². The van der Waals surface area contributed by atoms with Gasteiger partial charge in [-0.3, -0.25) is 4.79 Å². The van der Waals surface area contributed by atoms with E-state index in [1.54, 1.807) is 0 Å². The molecule has 1 amide bonds. The molecule has 2 saturated carbocycles. The zero-order valence-electron chi connectivity index (χ0n) is 13.7. The standard InChI is InChI=1S/C20H27NO2/c22-19(15-4-2-1-3-5-15)16-8-10-21(11-9-16)20(23)18-13-14-6-7-17(18)12-14/h1-5,14,16-19,22H,6-13H2/t14-,17-,18-,19-/m0/s1. The van der Waals surface area contributed by atoms with Crippen LogP contribution in [0.1, 0.15) is 50.2 Å². The first kappa shape index (κ1) is 15.2. The van der Waals surface area contributed by atoms with E-state index in [4.69, 9.17) is 0 Å². The molecule has 2 aliphatic carbocycles. The number of hydrogen-bond acceptors (Lipinski definition) is 2. The van der Waals surface area contributed by atoms with Gasteiger partial charge in [-0.05, 0) is 55.4 Å². The fourth-order valence-corrected chi connectivity index (χ4v) is 5.14. The van der Waals surface area contributed by atoms with E-state index in [0.29, 0.717) is 17.7 Å². The number of rotatable bonds is 3. The lowest BCUT2D eigenvalue weighted by Gasteiger charge is -2.37. The maximum atomic E-state index is 12.8. The van der Waals surface area contributed by atoms with Crippen molar-refractivity contribution in [1.29, 1.82) is 0 Å². The summed E-state index contributed by atoms with van der Waals surface area (Å²) in [7, 11) is 0. The third-order valence-electron chi connectivity index (χ3n) is 6.49. The van der Waals surface area contributed by atoms with E-state index in [1.165, 1.54) is 19.3 Å². The molecule has 2 bridgehead atoms. The minimum Gasteiger partial charge on any atom is -0.388 e. The minimum atomic E-state index is -0.393. The van der Waals surface area contributed by atoms with Gasteiger partial charge >= 0.3 is 0 Å². The lowest BCUT2D eigenvalue weighted by Crippen LogP contribution is -2.43. The van der Waals surface area contributed by atoms with Crippen LogP contribution in [-0.4, -0.2) is 29.0 Å². The smallest absolute Gasteiger partial charge is 0.225 e. The molecule has 0 spiro atoms. The van der Waals surface area contributed by atoms with Gasteiger partial charge in [-0.1, -0.05) is 36.8 Å². The first-order valence-corrected chi connectivity index (χ1v) is 9.24. The van der Waals surface area contributed by atoms with Gasteiger partial charge in [0, 0.05) is 19.0 Å². The van der Waals surface area contributed by atoms with Crippen molar-refractivity contribution in [1.82, 2.24) is 4.90 Å². The van der Waals surface area contributed by atoms with Gasteiger partial charge in [-0.25, -0.2) is 0 Å². The van der Waals surface area contributed by atoms with E-state index < -0.39 is 6.10 Å². The molecule has 1 heterocycles. The molecule has 3 nitrogen and oxygen atoms in total. The maximum absolute atomic E-state index is 12.8. The summed E-state index contributed by atoms with van der Waals surface area (Å²) in [5.41, 5.74) is 1.00. The molecule has 1 N–H and O–H groups in total. The Hall–Kier alpha value is -1.35. The number of benzene rings is 1. The number of piperidine rings is 1. The van der Waals surface area contributed by atoms with Crippen molar-refractivity contribution in [3.8, 4) is 0 Å². The molecule has 1 aromatic carbocycles. The molecule has 1 aliphatic heterocycles. The number of hydrogen-bond donors (Lipinski definition) is 1. The number of amides is 1. The van der Waals surface area contributed by atoms with Crippen molar-refractivity contribution in [3.05, 3.63) is 35.9 Å². The number of carbonyl (C=O) groups excluding carboxylic acids is 1. The van der Waals surface area contributed by atoms with E-state index in [1.807, 2.05) is 30.3 Å². The second-order valence-corrected chi connectivity index (χ2v) is 7.80. The summed E-state index contributed by atoms with van der Waals surface area (Å²) in [5, 5.41) is 10.6. The average molecular weight is 313 g/mol. The third kappa shape index (κ3) is 2.91. The van der Waals surface area contributed by atoms with Crippen LogP contribution in [-0.2, 0) is 4.79 Å². The van der Waals surface area contributed by atoms with Gasteiger partial charge < -0.3 is 10.0 Å². The van der Waals surface area contributed by atoms with E-state index in [9.17, 15) is 9.90 Å². The monoisotopic (exact) mass is 313 g/mol. The SMILES string of the molecule is O=C([C@H]1C[C@H]2CC[C@H]1C2)N1CCC([C@@H](O)c2ccccc2)CC1. The van der Waals surface area contributed by atoms with Crippen LogP contribution in [0.5, 0.6) is 0 Å². The van der Waals surface area contributed by atoms with Crippen LogP contribution in [0.3, 0.4) is 0 Å². The second kappa shape index (κ2) is 6.27. The zero-order valence-corrected chi connectivity index (χ0v) is 13.7. The van der Waals surface area contributed by atoms with Crippen molar-refractivity contribution < 1.29 is 9.90 Å². The number of likely N-dealkylation sites (tertiary alicyclic amines) is 1. The fraction of sp³-hybridized carbons (Fsp3) is 0.650. The van der Waals surface area contributed by atoms with Gasteiger partial charge in [-0.2, -0.15) is 0 Å². The van der Waals surface area contributed by atoms with Gasteiger partial charge in [0.05, 0.1) is 6.10 Å². The zero-order chi connectivity index (χ0) is 15.8. The third-order valence-corrected chi connectivity index (χ3v) is 6.49. The number of carbonyl (C=O) groups is 1. The Kier molecular flexibility index (Phi) is 4.14. The Morgan fingerprint density at radius 2 is 1.78 bits per heavy atom. The van der Waals surface area contributed by atoms with E-state index >= 15 is 0 Å². The summed E-state index contributed by atoms with van der Waals surface area (Å²) in [6.45, 7) is 1.64. The van der Waals surface area contributed by atoms with Crippen LogP contribution >= 0.6 is 0 Å². The fourth-order valence-electron chi connectivity index (χ4n) is 5.14. The van der Waals surface area contributed by atoms with Gasteiger partial charge in [0.25, 0.3) is 0 Å². The molecule has 0 aromatic heterocycles. The predicted molar refractivity (Wildman–Crippen MR) is 89.6 cm³/mol. The highest BCUT2D eigenvalue weighted by Gasteiger charge is 2.44. The molecule has 0 unspecified atom stereocenters. The topological polar surface area (TPSA) is 40.5 Å². The Balaban J connectivity index is 1.33. The van der Waals surface area contributed by atoms with Crippen LogP contribution in [0, 0.1) is 23.7 Å². The summed E-state index contributed by atoms with van der Waals surface area (Å²) >= 11 is 0. The van der Waals surface area contributed by atoms with Crippen molar-refractivity contribution >= 4 is 5.91 Å². The van der Waals surface area contributed by atoms with Gasteiger partial charge in [0.15, 0.2) is 0 Å². The predicted octanol–water partition coefficient (Wildman–Crippen LogP) is 3.39. The van der Waals surface area contributed by atoms with Gasteiger partial charge in [0.2, 0.25) is 5.91 Å². The van der Waals surface area contributed by atoms with Crippen LogP contribution in [0.2, 0.25) is 0 Å². The Morgan fingerprint density at radius 1 is 1.04 bits per heavy atom. The van der Waals surface area contributed by atoms with Crippen molar-refractivity contribution in [2.45, 2.75) is 44.6 Å². The quantitative estimate of drug-likeness (QED) is 0.929. The molecule has 0 radical (unpaired) electrons. The highest BCUT2D eigenvalue weighted by Crippen LogP contribution is 2.49. The highest BCUT2D eigenvalue weighted by atomic mass is 16.3. The Bertz CT molecular complexity index is 550. The van der Waals surface area contributed by atoms with Crippen molar-refractivity contribution in [3.63, 3.8) is 0 Å². The largest absolute Gasteiger partial charge is 0.388 e. The summed E-state index contributed by atoms with van der Waals surface area (Å²) in [6.07, 6.45) is 6.49. The van der Waals surface area contributed by atoms with Crippen LogP contribution < -0.4 is 0 Å². The molecule has 124 valence electrons. The van der Waals surface area contributed by atoms with E-state index in [-0.39, 0.29) is 5.92 Å². The molecule has 1 aromatic rings. The van der Waals surface area contributed by atoms with Crippen LogP contribution in [0.25, 0.3) is 0 Å². The maximum Gasteiger partial charge on any atom is 0.225 e. The van der Waals surface area contributed by atoms with Crippen molar-refractivity contribution in [2.24, 2.45) is 23.7 Å². The van der Waals surface area contributed by atoms with Crippen LogP contribution in [0.15, 0.2) is 30.3 Å². The highest BCUT2D eigenvalue weighted by molar-refractivity contribution is 5.79. The lowest BCUT2D eigenvalue weighted by molar-refractivity contribution is -0.139. The minimum absolute atomic E-state index is 0.279. The number of aliphatic hydroxyl groups excluding tert-OH is 1.